The van der Waals surface area contributed by atoms with Crippen molar-refractivity contribution in [1.29, 1.82) is 0 Å². The zero-order chi connectivity index (χ0) is 15.6. The Morgan fingerprint density at radius 1 is 1.05 bits per heavy atom. The number of ether oxygens (including phenoxy) is 2. The lowest BCUT2D eigenvalue weighted by Gasteiger charge is -2.52. The van der Waals surface area contributed by atoms with E-state index in [1.54, 1.807) is 14.2 Å². The number of hydroxylamine groups is 2. The fraction of sp³-hybridized carbons (Fsp3) is 0.588. The summed E-state index contributed by atoms with van der Waals surface area (Å²) < 4.78 is 11.0. The Bertz CT molecular complexity index is 517. The highest BCUT2D eigenvalue weighted by Crippen LogP contribution is 2.49. The van der Waals surface area contributed by atoms with Gasteiger partial charge in [-0.15, -0.1) is 0 Å². The molecule has 1 heterocycles. The number of amides is 1. The molecule has 0 atom stereocenters. The van der Waals surface area contributed by atoms with Crippen molar-refractivity contribution in [1.82, 2.24) is 5.06 Å². The van der Waals surface area contributed by atoms with Gasteiger partial charge in [-0.3, -0.25) is 9.63 Å². The molecule has 5 heteroatoms. The van der Waals surface area contributed by atoms with Gasteiger partial charge in [-0.25, -0.2) is 5.06 Å². The van der Waals surface area contributed by atoms with Crippen molar-refractivity contribution in [2.45, 2.75) is 38.1 Å². The number of carbonyl (C=O) groups excluding carboxylic acids is 1. The van der Waals surface area contributed by atoms with Crippen molar-refractivity contribution in [2.24, 2.45) is 5.41 Å². The second-order valence-corrected chi connectivity index (χ2v) is 6.20. The van der Waals surface area contributed by atoms with Crippen molar-refractivity contribution in [3.8, 4) is 0 Å². The molecule has 1 aliphatic carbocycles. The molecule has 2 fully saturated rings. The molecule has 1 amide bonds. The predicted octanol–water partition coefficient (Wildman–Crippen LogP) is 2.51. The van der Waals surface area contributed by atoms with E-state index >= 15 is 0 Å². The highest BCUT2D eigenvalue weighted by atomic mass is 16.7. The minimum Gasteiger partial charge on any atom is -0.353 e. The van der Waals surface area contributed by atoms with Crippen LogP contribution in [0.5, 0.6) is 0 Å². The quantitative estimate of drug-likeness (QED) is 0.619. The third kappa shape index (κ3) is 2.64. The van der Waals surface area contributed by atoms with Gasteiger partial charge < -0.3 is 9.47 Å². The predicted molar refractivity (Wildman–Crippen MR) is 80.6 cm³/mol. The summed E-state index contributed by atoms with van der Waals surface area (Å²) in [6, 6.07) is 9.88. The molecule has 1 saturated carbocycles. The molecule has 22 heavy (non-hydrogen) atoms. The fourth-order valence-electron chi connectivity index (χ4n) is 3.39. The first-order valence-electron chi connectivity index (χ1n) is 7.72. The molecule has 1 aromatic carbocycles. The first kappa shape index (κ1) is 15.5. The largest absolute Gasteiger partial charge is 0.353 e. The molecule has 0 radical (unpaired) electrons. The van der Waals surface area contributed by atoms with Crippen LogP contribution in [0.15, 0.2) is 30.3 Å². The summed E-state index contributed by atoms with van der Waals surface area (Å²) in [5.41, 5.74) is 0.801. The average Bonchev–Trinajstić information content (AvgIpc) is 2.59. The lowest BCUT2D eigenvalue weighted by atomic mass is 9.67. The molecule has 5 nitrogen and oxygen atoms in total. The van der Waals surface area contributed by atoms with Gasteiger partial charge in [-0.1, -0.05) is 30.3 Å². The maximum atomic E-state index is 12.5. The number of carbonyl (C=O) groups is 1. The Kier molecular flexibility index (Phi) is 4.21. The maximum absolute atomic E-state index is 12.5. The van der Waals surface area contributed by atoms with E-state index in [1.807, 2.05) is 30.3 Å². The van der Waals surface area contributed by atoms with Crippen LogP contribution in [0.3, 0.4) is 0 Å². The van der Waals surface area contributed by atoms with Gasteiger partial charge in [0.2, 0.25) is 0 Å². The number of rotatable bonds is 5. The zero-order valence-corrected chi connectivity index (χ0v) is 13.2. The summed E-state index contributed by atoms with van der Waals surface area (Å²) in [5, 5.41) is 1.50. The van der Waals surface area contributed by atoms with Gasteiger partial charge in [-0.05, 0) is 18.4 Å². The minimum absolute atomic E-state index is 0.101. The van der Waals surface area contributed by atoms with Gasteiger partial charge in [0.15, 0.2) is 5.79 Å². The molecule has 0 unspecified atom stereocenters. The van der Waals surface area contributed by atoms with Gasteiger partial charge >= 0.3 is 0 Å². The molecule has 3 rings (SSSR count). The fourth-order valence-corrected chi connectivity index (χ4v) is 3.39. The van der Waals surface area contributed by atoms with Crippen LogP contribution in [-0.2, 0) is 25.7 Å². The number of β-lactam (4-membered cyclic amide) rings is 1. The van der Waals surface area contributed by atoms with Gasteiger partial charge in [0, 0.05) is 27.1 Å². The van der Waals surface area contributed by atoms with E-state index in [9.17, 15) is 4.79 Å². The van der Waals surface area contributed by atoms with Crippen LogP contribution in [-0.4, -0.2) is 37.5 Å². The van der Waals surface area contributed by atoms with Crippen molar-refractivity contribution in [3.05, 3.63) is 35.9 Å². The monoisotopic (exact) mass is 305 g/mol. The molecular formula is C17H23NO4. The van der Waals surface area contributed by atoms with Crippen molar-refractivity contribution < 1.29 is 19.1 Å². The van der Waals surface area contributed by atoms with E-state index in [4.69, 9.17) is 14.3 Å². The zero-order valence-electron chi connectivity index (χ0n) is 13.2. The van der Waals surface area contributed by atoms with E-state index in [2.05, 4.69) is 0 Å². The first-order valence-corrected chi connectivity index (χ1v) is 7.72. The van der Waals surface area contributed by atoms with Gasteiger partial charge in [-0.2, -0.15) is 0 Å². The van der Waals surface area contributed by atoms with Crippen molar-refractivity contribution in [2.75, 3.05) is 20.8 Å². The Morgan fingerprint density at radius 3 is 2.23 bits per heavy atom. The first-order chi connectivity index (χ1) is 10.6. The van der Waals surface area contributed by atoms with E-state index in [0.29, 0.717) is 13.2 Å². The SMILES string of the molecule is COC1(OC)CCC2(CC1)CN(OCc1ccccc1)C2=O. The highest BCUT2D eigenvalue weighted by Gasteiger charge is 2.57. The van der Waals surface area contributed by atoms with Crippen LogP contribution >= 0.6 is 0 Å². The summed E-state index contributed by atoms with van der Waals surface area (Å²) in [6.45, 7) is 1.10. The van der Waals surface area contributed by atoms with E-state index in [0.717, 1.165) is 31.2 Å². The smallest absolute Gasteiger partial charge is 0.254 e. The van der Waals surface area contributed by atoms with Crippen LogP contribution in [0.2, 0.25) is 0 Å². The standard InChI is InChI=1S/C17H23NO4/c1-20-17(21-2)10-8-16(9-11-17)13-18(15(16)19)22-12-14-6-4-3-5-7-14/h3-7H,8-13H2,1-2H3. The molecule has 1 saturated heterocycles. The molecule has 1 aromatic rings. The van der Waals surface area contributed by atoms with E-state index in [1.165, 1.54) is 5.06 Å². The Hall–Kier alpha value is -1.43. The summed E-state index contributed by atoms with van der Waals surface area (Å²) in [5.74, 6) is -0.416. The molecule has 0 aromatic heterocycles. The van der Waals surface area contributed by atoms with Crippen LogP contribution in [0.25, 0.3) is 0 Å². The minimum atomic E-state index is -0.517. The molecule has 2 aliphatic rings. The number of nitrogens with zero attached hydrogens (tertiary/aromatic N) is 1. The lowest BCUT2D eigenvalue weighted by Crippen LogP contribution is -2.63. The Balaban J connectivity index is 1.52. The molecular weight excluding hydrogens is 282 g/mol. The van der Waals surface area contributed by atoms with Crippen LogP contribution in [0.4, 0.5) is 0 Å². The highest BCUT2D eigenvalue weighted by molar-refractivity contribution is 5.87. The third-order valence-electron chi connectivity index (χ3n) is 5.07. The molecule has 120 valence electrons. The van der Waals surface area contributed by atoms with Crippen LogP contribution in [0.1, 0.15) is 31.2 Å². The molecule has 1 aliphatic heterocycles. The van der Waals surface area contributed by atoms with Crippen molar-refractivity contribution >= 4 is 5.91 Å². The summed E-state index contributed by atoms with van der Waals surface area (Å²) >= 11 is 0. The second kappa shape index (κ2) is 5.99. The van der Waals surface area contributed by atoms with Crippen molar-refractivity contribution in [3.63, 3.8) is 0 Å². The molecule has 1 spiro atoms. The number of hydrogen-bond acceptors (Lipinski definition) is 4. The normalized spacial score (nSPS) is 22.6. The number of methoxy groups -OCH3 is 2. The second-order valence-electron chi connectivity index (χ2n) is 6.20. The van der Waals surface area contributed by atoms with E-state index in [-0.39, 0.29) is 11.3 Å². The summed E-state index contributed by atoms with van der Waals surface area (Å²) in [4.78, 5) is 18.1. The van der Waals surface area contributed by atoms with Crippen LogP contribution in [0, 0.1) is 5.41 Å². The van der Waals surface area contributed by atoms with Gasteiger partial charge in [0.25, 0.3) is 5.91 Å². The van der Waals surface area contributed by atoms with Gasteiger partial charge in [0.05, 0.1) is 12.0 Å². The summed E-state index contributed by atoms with van der Waals surface area (Å²) in [6.07, 6.45) is 3.08. The maximum Gasteiger partial charge on any atom is 0.254 e. The lowest BCUT2D eigenvalue weighted by molar-refractivity contribution is -0.272. The number of hydrogen-bond donors (Lipinski definition) is 0. The molecule has 0 bridgehead atoms. The Labute approximate surface area is 131 Å². The summed E-state index contributed by atoms with van der Waals surface area (Å²) in [7, 11) is 3.33. The molecule has 0 N–H and O–H groups in total. The third-order valence-corrected chi connectivity index (χ3v) is 5.07. The van der Waals surface area contributed by atoms with E-state index < -0.39 is 5.79 Å². The average molecular weight is 305 g/mol. The Morgan fingerprint density at radius 2 is 1.68 bits per heavy atom. The number of benzene rings is 1. The topological polar surface area (TPSA) is 48.0 Å². The van der Waals surface area contributed by atoms with Gasteiger partial charge in [0.1, 0.15) is 6.61 Å². The van der Waals surface area contributed by atoms with Crippen LogP contribution < -0.4 is 0 Å².